The van der Waals surface area contributed by atoms with Crippen LogP contribution in [0.1, 0.15) is 17.5 Å². The lowest BCUT2D eigenvalue weighted by atomic mass is 10.0. The molecule has 2 heterocycles. The Bertz CT molecular complexity index is 851. The van der Waals surface area contributed by atoms with Crippen LogP contribution in [-0.2, 0) is 30.0 Å². The van der Waals surface area contributed by atoms with Gasteiger partial charge in [0.15, 0.2) is 5.16 Å². The quantitative estimate of drug-likeness (QED) is 0.401. The van der Waals surface area contributed by atoms with Crippen LogP contribution < -0.4 is 4.18 Å². The molecule has 2 aromatic rings. The third-order valence-corrected chi connectivity index (χ3v) is 5.96. The number of hydrogen-bond donors (Lipinski definition) is 0. The topological polar surface area (TPSA) is 77.3 Å². The highest BCUT2D eigenvalue weighted by Gasteiger charge is 2.15. The van der Waals surface area contributed by atoms with E-state index in [9.17, 15) is 8.42 Å². The normalized spacial score (nSPS) is 15.5. The molecule has 3 rings (SSSR count). The van der Waals surface area contributed by atoms with Crippen molar-refractivity contribution < 1.29 is 12.6 Å². The molecule has 1 aliphatic rings. The molecular weight excluding hydrogens is 372 g/mol. The van der Waals surface area contributed by atoms with Crippen LogP contribution in [0.15, 0.2) is 29.7 Å². The summed E-state index contributed by atoms with van der Waals surface area (Å²) in [7, 11) is -1.53. The summed E-state index contributed by atoms with van der Waals surface area (Å²) in [5.74, 6) is 1.42. The molecule has 0 atom stereocenters. The molecule has 142 valence electrons. The van der Waals surface area contributed by atoms with Crippen molar-refractivity contribution in [3.8, 4) is 5.75 Å². The first-order valence-electron chi connectivity index (χ1n) is 8.61. The lowest BCUT2D eigenvalue weighted by Gasteiger charge is -2.19. The van der Waals surface area contributed by atoms with E-state index in [1.807, 2.05) is 23.7 Å². The first-order chi connectivity index (χ1) is 12.4. The van der Waals surface area contributed by atoms with E-state index in [4.69, 9.17) is 4.18 Å². The van der Waals surface area contributed by atoms with Crippen molar-refractivity contribution in [3.05, 3.63) is 35.7 Å². The third-order valence-electron chi connectivity index (χ3n) is 4.34. The molecule has 0 saturated carbocycles. The number of hydrogen-bond acceptors (Lipinski definition) is 7. The number of fused-ring (bicyclic) bond motifs is 1. The van der Waals surface area contributed by atoms with Gasteiger partial charge in [-0.05, 0) is 49.1 Å². The minimum absolute atomic E-state index is 0.403. The van der Waals surface area contributed by atoms with Crippen molar-refractivity contribution in [1.82, 2.24) is 19.7 Å². The van der Waals surface area contributed by atoms with Crippen molar-refractivity contribution in [1.29, 1.82) is 0 Å². The summed E-state index contributed by atoms with van der Waals surface area (Å²) in [6.07, 6.45) is 5.77. The minimum Gasteiger partial charge on any atom is -0.383 e. The highest BCUT2D eigenvalue weighted by atomic mass is 32.2. The number of nitrogens with zero attached hydrogens (tertiary/aromatic N) is 4. The van der Waals surface area contributed by atoms with Crippen molar-refractivity contribution in [3.63, 3.8) is 0 Å². The summed E-state index contributed by atoms with van der Waals surface area (Å²) < 4.78 is 29.5. The third kappa shape index (κ3) is 5.46. The van der Waals surface area contributed by atoms with Gasteiger partial charge in [0.2, 0.25) is 0 Å². The standard InChI is InChI=1S/C17H24N4O3S2/c1-20-13-18-19-17(20)25-11-3-8-21-9-6-14-4-5-16(24-26(2,22)23)12-15(14)7-10-21/h4-5,12-13H,3,6-11H2,1-2H3. The molecule has 1 aromatic carbocycles. The average Bonchev–Trinajstić information content (AvgIpc) is 2.86. The van der Waals surface area contributed by atoms with Gasteiger partial charge in [-0.25, -0.2) is 0 Å². The molecule has 0 unspecified atom stereocenters. The fraction of sp³-hybridized carbons (Fsp3) is 0.529. The predicted molar refractivity (Wildman–Crippen MR) is 102 cm³/mol. The van der Waals surface area contributed by atoms with Crippen molar-refractivity contribution in [2.45, 2.75) is 24.4 Å². The van der Waals surface area contributed by atoms with Crippen LogP contribution in [0.25, 0.3) is 0 Å². The second-order valence-electron chi connectivity index (χ2n) is 6.49. The Morgan fingerprint density at radius 2 is 2.00 bits per heavy atom. The van der Waals surface area contributed by atoms with E-state index in [0.29, 0.717) is 5.75 Å². The zero-order valence-electron chi connectivity index (χ0n) is 15.1. The molecule has 1 aliphatic heterocycles. The zero-order valence-corrected chi connectivity index (χ0v) is 16.7. The van der Waals surface area contributed by atoms with E-state index in [0.717, 1.165) is 56.1 Å². The van der Waals surface area contributed by atoms with Gasteiger partial charge in [0.25, 0.3) is 0 Å². The lowest BCUT2D eigenvalue weighted by molar-refractivity contribution is 0.289. The van der Waals surface area contributed by atoms with E-state index in [1.54, 1.807) is 24.2 Å². The summed E-state index contributed by atoms with van der Waals surface area (Å²) in [4.78, 5) is 2.47. The van der Waals surface area contributed by atoms with Gasteiger partial charge in [-0.3, -0.25) is 0 Å². The molecule has 0 radical (unpaired) electrons. The monoisotopic (exact) mass is 396 g/mol. The van der Waals surface area contributed by atoms with Crippen LogP contribution >= 0.6 is 11.8 Å². The average molecular weight is 397 g/mol. The van der Waals surface area contributed by atoms with Gasteiger partial charge in [0.05, 0.1) is 6.26 Å². The number of rotatable bonds is 7. The van der Waals surface area contributed by atoms with Crippen LogP contribution in [0.5, 0.6) is 5.75 Å². The van der Waals surface area contributed by atoms with Gasteiger partial charge in [-0.15, -0.1) is 10.2 Å². The van der Waals surface area contributed by atoms with E-state index in [2.05, 4.69) is 15.1 Å². The molecule has 0 saturated heterocycles. The van der Waals surface area contributed by atoms with E-state index < -0.39 is 10.1 Å². The highest BCUT2D eigenvalue weighted by molar-refractivity contribution is 7.99. The smallest absolute Gasteiger partial charge is 0.306 e. The largest absolute Gasteiger partial charge is 0.383 e. The van der Waals surface area contributed by atoms with Gasteiger partial charge in [0.1, 0.15) is 12.1 Å². The molecule has 0 N–H and O–H groups in total. The van der Waals surface area contributed by atoms with Crippen LogP contribution in [0.2, 0.25) is 0 Å². The van der Waals surface area contributed by atoms with Crippen molar-refractivity contribution in [2.75, 3.05) is 31.6 Å². The van der Waals surface area contributed by atoms with E-state index >= 15 is 0 Å². The van der Waals surface area contributed by atoms with Crippen molar-refractivity contribution in [2.24, 2.45) is 7.05 Å². The number of benzene rings is 1. The summed E-state index contributed by atoms with van der Waals surface area (Å²) in [6, 6.07) is 5.60. The molecule has 0 amide bonds. The van der Waals surface area contributed by atoms with E-state index in [-0.39, 0.29) is 0 Å². The van der Waals surface area contributed by atoms with Gasteiger partial charge in [-0.2, -0.15) is 8.42 Å². The molecule has 9 heteroatoms. The van der Waals surface area contributed by atoms with Gasteiger partial charge in [-0.1, -0.05) is 17.8 Å². The number of aromatic nitrogens is 3. The Labute approximate surface area is 158 Å². The fourth-order valence-electron chi connectivity index (χ4n) is 3.05. The van der Waals surface area contributed by atoms with Crippen LogP contribution in [0.4, 0.5) is 0 Å². The molecule has 1 aromatic heterocycles. The summed E-state index contributed by atoms with van der Waals surface area (Å²) in [5.41, 5.74) is 2.46. The molecule has 0 spiro atoms. The predicted octanol–water partition coefficient (Wildman–Crippen LogP) is 1.74. The first kappa shape index (κ1) is 19.2. The Balaban J connectivity index is 1.49. The highest BCUT2D eigenvalue weighted by Crippen LogP contribution is 2.23. The Hall–Kier alpha value is -1.58. The summed E-state index contributed by atoms with van der Waals surface area (Å²) in [6.45, 7) is 3.05. The van der Waals surface area contributed by atoms with Crippen LogP contribution in [0, 0.1) is 0 Å². The Morgan fingerprint density at radius 3 is 2.69 bits per heavy atom. The molecule has 26 heavy (non-hydrogen) atoms. The maximum absolute atomic E-state index is 11.3. The molecule has 7 nitrogen and oxygen atoms in total. The second kappa shape index (κ2) is 8.41. The summed E-state index contributed by atoms with van der Waals surface area (Å²) in [5, 5.41) is 8.92. The Kier molecular flexibility index (Phi) is 6.20. The van der Waals surface area contributed by atoms with Crippen molar-refractivity contribution >= 4 is 21.9 Å². The lowest BCUT2D eigenvalue weighted by Crippen LogP contribution is -2.27. The molecule has 0 bridgehead atoms. The second-order valence-corrected chi connectivity index (χ2v) is 9.12. The van der Waals surface area contributed by atoms with Gasteiger partial charge >= 0.3 is 10.1 Å². The van der Waals surface area contributed by atoms with E-state index in [1.165, 1.54) is 11.1 Å². The van der Waals surface area contributed by atoms with Gasteiger partial charge in [0, 0.05) is 25.9 Å². The SMILES string of the molecule is Cn1cnnc1SCCCN1CCc2ccc(OS(C)(=O)=O)cc2CC1. The first-order valence-corrected chi connectivity index (χ1v) is 11.4. The molecular formula is C17H24N4O3S2. The molecule has 0 fully saturated rings. The molecule has 0 aliphatic carbocycles. The maximum atomic E-state index is 11.3. The minimum atomic E-state index is -3.48. The fourth-order valence-corrected chi connectivity index (χ4v) is 4.32. The van der Waals surface area contributed by atoms with Gasteiger partial charge < -0.3 is 13.7 Å². The zero-order chi connectivity index (χ0) is 18.6. The summed E-state index contributed by atoms with van der Waals surface area (Å²) >= 11 is 1.73. The van der Waals surface area contributed by atoms with Crippen LogP contribution in [-0.4, -0.2) is 59.7 Å². The van der Waals surface area contributed by atoms with Crippen LogP contribution in [0.3, 0.4) is 0 Å². The number of thioether (sulfide) groups is 1. The Morgan fingerprint density at radius 1 is 1.23 bits per heavy atom. The number of aryl methyl sites for hydroxylation is 1. The maximum Gasteiger partial charge on any atom is 0.306 e.